The van der Waals surface area contributed by atoms with Crippen molar-refractivity contribution < 1.29 is 19.1 Å². The zero-order chi connectivity index (χ0) is 40.2. The number of rotatable bonds is 22. The first-order chi connectivity index (χ1) is 25.4. The van der Waals surface area contributed by atoms with Gasteiger partial charge in [-0.15, -0.1) is 0 Å². The van der Waals surface area contributed by atoms with Gasteiger partial charge in [0.15, 0.2) is 0 Å². The molecule has 54 heavy (non-hydrogen) atoms. The van der Waals surface area contributed by atoms with Gasteiger partial charge in [0.2, 0.25) is 0 Å². The summed E-state index contributed by atoms with van der Waals surface area (Å²) in [6.07, 6.45) is 7.51. The third-order valence-electron chi connectivity index (χ3n) is 12.2. The first-order valence-electron chi connectivity index (χ1n) is 20.6. The molecular formula is C48H72N2O4. The van der Waals surface area contributed by atoms with Crippen LogP contribution in [0.25, 0.3) is 0 Å². The summed E-state index contributed by atoms with van der Waals surface area (Å²) in [5.41, 5.74) is 6.58. The second-order valence-electron chi connectivity index (χ2n) is 17.6. The van der Waals surface area contributed by atoms with Crippen LogP contribution in [-0.4, -0.2) is 38.1 Å². The summed E-state index contributed by atoms with van der Waals surface area (Å²) in [6.45, 7) is 29.5. The second-order valence-corrected chi connectivity index (χ2v) is 17.6. The maximum absolute atomic E-state index is 12.8. The average molecular weight is 741 g/mol. The van der Waals surface area contributed by atoms with Crippen LogP contribution in [0.3, 0.4) is 0 Å². The predicted molar refractivity (Wildman–Crippen MR) is 227 cm³/mol. The Kier molecular flexibility index (Phi) is 16.3. The lowest BCUT2D eigenvalue weighted by Crippen LogP contribution is -2.26. The van der Waals surface area contributed by atoms with Crippen molar-refractivity contribution in [2.24, 2.45) is 0 Å². The first kappa shape index (κ1) is 44.6. The van der Waals surface area contributed by atoms with Crippen LogP contribution in [0, 0.1) is 0 Å². The van der Waals surface area contributed by atoms with E-state index in [0.717, 1.165) is 62.9 Å². The molecule has 6 heteroatoms. The lowest BCUT2D eigenvalue weighted by atomic mass is 9.76. The molecule has 0 atom stereocenters. The van der Waals surface area contributed by atoms with E-state index in [9.17, 15) is 9.59 Å². The first-order valence-corrected chi connectivity index (χ1v) is 20.6. The van der Waals surface area contributed by atoms with Crippen molar-refractivity contribution in [3.8, 4) is 11.5 Å². The van der Waals surface area contributed by atoms with Gasteiger partial charge in [-0.1, -0.05) is 107 Å². The number of nitrogens with one attached hydrogen (secondary N) is 2. The number of carbonyl (C=O) groups excluding carboxylic acids is 2. The van der Waals surface area contributed by atoms with Crippen LogP contribution >= 0.6 is 0 Å². The van der Waals surface area contributed by atoms with Gasteiger partial charge in [-0.3, -0.25) is 9.59 Å². The van der Waals surface area contributed by atoms with Gasteiger partial charge in [-0.05, 0) is 121 Å². The molecule has 6 nitrogen and oxygen atoms in total. The normalized spacial score (nSPS) is 12.4. The third-order valence-corrected chi connectivity index (χ3v) is 12.2. The Morgan fingerprint density at radius 2 is 0.815 bits per heavy atom. The molecule has 0 radical (unpaired) electrons. The Balaban J connectivity index is 1.40. The second kappa shape index (κ2) is 19.7. The molecule has 0 aliphatic rings. The lowest BCUT2D eigenvalue weighted by molar-refractivity contribution is 0.0940. The quantitative estimate of drug-likeness (QED) is 0.101. The number of unbranched alkanes of at least 4 members (excludes halogenated alkanes) is 2. The zero-order valence-electron chi connectivity index (χ0n) is 35.9. The van der Waals surface area contributed by atoms with E-state index in [1.807, 2.05) is 0 Å². The Hall–Kier alpha value is -3.80. The van der Waals surface area contributed by atoms with Gasteiger partial charge in [-0.2, -0.15) is 0 Å². The van der Waals surface area contributed by atoms with Crippen LogP contribution in [0.5, 0.6) is 11.5 Å². The monoisotopic (exact) mass is 741 g/mol. The van der Waals surface area contributed by atoms with Crippen molar-refractivity contribution >= 4 is 11.8 Å². The van der Waals surface area contributed by atoms with Crippen molar-refractivity contribution in [2.45, 2.75) is 156 Å². The van der Waals surface area contributed by atoms with Crippen LogP contribution in [0.15, 0.2) is 60.7 Å². The molecule has 3 rings (SSSR count). The molecule has 2 N–H and O–H groups in total. The minimum absolute atomic E-state index is 0.0191. The van der Waals surface area contributed by atoms with Gasteiger partial charge >= 0.3 is 0 Å². The molecule has 0 aliphatic carbocycles. The Bertz CT molecular complexity index is 1530. The molecular weight excluding hydrogens is 669 g/mol. The van der Waals surface area contributed by atoms with Crippen molar-refractivity contribution in [3.05, 3.63) is 94.0 Å². The van der Waals surface area contributed by atoms with Crippen molar-refractivity contribution in [1.29, 1.82) is 0 Å². The highest BCUT2D eigenvalue weighted by atomic mass is 16.5. The zero-order valence-corrected chi connectivity index (χ0v) is 35.9. The highest BCUT2D eigenvalue weighted by Crippen LogP contribution is 2.40. The summed E-state index contributed by atoms with van der Waals surface area (Å²) in [5, 5.41) is 6.01. The minimum Gasteiger partial charge on any atom is -0.493 e. The van der Waals surface area contributed by atoms with E-state index in [2.05, 4.69) is 130 Å². The molecule has 0 saturated heterocycles. The highest BCUT2D eigenvalue weighted by Gasteiger charge is 2.28. The van der Waals surface area contributed by atoms with Gasteiger partial charge in [0.05, 0.1) is 13.2 Å². The fourth-order valence-electron chi connectivity index (χ4n) is 6.20. The molecule has 0 aliphatic heterocycles. The summed E-state index contributed by atoms with van der Waals surface area (Å²) in [4.78, 5) is 25.6. The number of ether oxygens (including phenoxy) is 2. The van der Waals surface area contributed by atoms with E-state index < -0.39 is 0 Å². The van der Waals surface area contributed by atoms with E-state index in [1.165, 1.54) is 22.3 Å². The Morgan fingerprint density at radius 1 is 0.481 bits per heavy atom. The van der Waals surface area contributed by atoms with E-state index in [4.69, 9.17) is 9.47 Å². The SMILES string of the molecule is CCC(C)(C)c1ccc(OCCCCNC(=O)c2ccc(C(=O)NCCCCOc3ccc(C(C)(C)CC)cc3C(C)(C)CC)cc2)c(C(C)(C)CC)c1. The fraction of sp³-hybridized carbons (Fsp3) is 0.583. The van der Waals surface area contributed by atoms with Crippen LogP contribution < -0.4 is 20.1 Å². The van der Waals surface area contributed by atoms with Crippen LogP contribution in [-0.2, 0) is 21.7 Å². The van der Waals surface area contributed by atoms with Crippen LogP contribution in [0.2, 0.25) is 0 Å². The standard InChI is InChI=1S/C48H72N2O4/c1-13-45(5,6)37-25-27-41(39(33-37)47(9,10)15-3)53-31-19-17-29-49-43(51)35-21-23-36(24-22-35)44(52)50-30-18-20-32-54-42-28-26-38(46(7,8)14-2)34-40(42)48(11,12)16-4/h21-28,33-34H,13-20,29-32H2,1-12H3,(H,49,51)(H,50,52). The number of carbonyl (C=O) groups is 2. The van der Waals surface area contributed by atoms with E-state index in [1.54, 1.807) is 24.3 Å². The fourth-order valence-corrected chi connectivity index (χ4v) is 6.20. The molecule has 3 aromatic rings. The highest BCUT2D eigenvalue weighted by molar-refractivity contribution is 5.97. The predicted octanol–water partition coefficient (Wildman–Crippen LogP) is 11.6. The van der Waals surface area contributed by atoms with Gasteiger partial charge in [-0.25, -0.2) is 0 Å². The van der Waals surface area contributed by atoms with Gasteiger partial charge in [0, 0.05) is 35.3 Å². The molecule has 0 saturated carbocycles. The molecule has 0 heterocycles. The molecule has 0 aromatic heterocycles. The van der Waals surface area contributed by atoms with E-state index >= 15 is 0 Å². The number of hydrogen-bond donors (Lipinski definition) is 2. The topological polar surface area (TPSA) is 76.7 Å². The third kappa shape index (κ3) is 12.1. The number of amides is 2. The molecule has 3 aromatic carbocycles. The molecule has 0 unspecified atom stereocenters. The van der Waals surface area contributed by atoms with Crippen molar-refractivity contribution in [2.75, 3.05) is 26.3 Å². The summed E-state index contributed by atoms with van der Waals surface area (Å²) in [6, 6.07) is 20.2. The van der Waals surface area contributed by atoms with Gasteiger partial charge in [0.25, 0.3) is 11.8 Å². The molecule has 0 spiro atoms. The Morgan fingerprint density at radius 3 is 1.13 bits per heavy atom. The maximum Gasteiger partial charge on any atom is 0.251 e. The Labute approximate surface area is 328 Å². The van der Waals surface area contributed by atoms with Gasteiger partial charge in [0.1, 0.15) is 11.5 Å². The summed E-state index contributed by atoms with van der Waals surface area (Å²) in [5.74, 6) is 1.63. The summed E-state index contributed by atoms with van der Waals surface area (Å²) < 4.78 is 12.6. The summed E-state index contributed by atoms with van der Waals surface area (Å²) in [7, 11) is 0. The summed E-state index contributed by atoms with van der Waals surface area (Å²) >= 11 is 0. The van der Waals surface area contributed by atoms with Crippen molar-refractivity contribution in [1.82, 2.24) is 10.6 Å². The average Bonchev–Trinajstić information content (AvgIpc) is 3.17. The van der Waals surface area contributed by atoms with E-state index in [0.29, 0.717) is 37.4 Å². The molecule has 0 fully saturated rings. The largest absolute Gasteiger partial charge is 0.493 e. The van der Waals surface area contributed by atoms with Crippen LogP contribution in [0.4, 0.5) is 0 Å². The van der Waals surface area contributed by atoms with E-state index in [-0.39, 0.29) is 33.5 Å². The van der Waals surface area contributed by atoms with Gasteiger partial charge < -0.3 is 20.1 Å². The minimum atomic E-state index is -0.141. The van der Waals surface area contributed by atoms with Crippen molar-refractivity contribution in [3.63, 3.8) is 0 Å². The van der Waals surface area contributed by atoms with Crippen LogP contribution in [0.1, 0.15) is 177 Å². The number of hydrogen-bond acceptors (Lipinski definition) is 4. The molecule has 0 bridgehead atoms. The lowest BCUT2D eigenvalue weighted by Gasteiger charge is -2.30. The maximum atomic E-state index is 12.8. The smallest absolute Gasteiger partial charge is 0.251 e. The molecule has 2 amide bonds. The molecule has 298 valence electrons. The number of benzene rings is 3.